The number of hydrogen-bond donors (Lipinski definition) is 1. The largest absolute Gasteiger partial charge is 0.311 e. The first kappa shape index (κ1) is 21.7. The quantitative estimate of drug-likeness (QED) is 0.269. The van der Waals surface area contributed by atoms with Crippen LogP contribution in [-0.2, 0) is 7.05 Å². The molecule has 0 atom stereocenters. The SMILES string of the molecule is Cn1cnnc1Sc1ccc(C(=O)Nc2c(-c3ccc(F)cc3)nc3sccn23)cc1[N+](=O)[O-]. The van der Waals surface area contributed by atoms with Crippen LogP contribution in [0.5, 0.6) is 0 Å². The number of fused-ring (bicyclic) bond motifs is 1. The first-order valence-electron chi connectivity index (χ1n) is 9.74. The molecular weight excluding hydrogens is 481 g/mol. The van der Waals surface area contributed by atoms with E-state index in [1.54, 1.807) is 34.3 Å². The van der Waals surface area contributed by atoms with Crippen LogP contribution in [0, 0.1) is 15.9 Å². The Morgan fingerprint density at radius 2 is 2.03 bits per heavy atom. The molecule has 1 amide bonds. The van der Waals surface area contributed by atoms with Crippen molar-refractivity contribution >= 4 is 45.5 Å². The van der Waals surface area contributed by atoms with Gasteiger partial charge in [-0.3, -0.25) is 19.3 Å². The fourth-order valence-corrected chi connectivity index (χ4v) is 4.81. The number of hydrogen-bond acceptors (Lipinski definition) is 8. The molecule has 5 rings (SSSR count). The summed E-state index contributed by atoms with van der Waals surface area (Å²) in [6.07, 6.45) is 3.24. The van der Waals surface area contributed by atoms with Gasteiger partial charge in [0.2, 0.25) is 0 Å². The fraction of sp³-hybridized carbons (Fsp3) is 0.0476. The average molecular weight is 496 g/mol. The number of carbonyl (C=O) groups excluding carboxylic acids is 1. The molecule has 0 spiro atoms. The van der Waals surface area contributed by atoms with E-state index < -0.39 is 10.8 Å². The lowest BCUT2D eigenvalue weighted by molar-refractivity contribution is -0.387. The Bertz CT molecular complexity index is 1540. The lowest BCUT2D eigenvalue weighted by atomic mass is 10.1. The summed E-state index contributed by atoms with van der Waals surface area (Å²) in [4.78, 5) is 29.8. The maximum Gasteiger partial charge on any atom is 0.284 e. The minimum absolute atomic E-state index is 0.101. The van der Waals surface area contributed by atoms with Crippen molar-refractivity contribution in [3.8, 4) is 11.3 Å². The number of nitrogens with zero attached hydrogens (tertiary/aromatic N) is 6. The maximum absolute atomic E-state index is 13.4. The van der Waals surface area contributed by atoms with E-state index in [2.05, 4.69) is 20.5 Å². The predicted octanol–water partition coefficient (Wildman–Crippen LogP) is 4.64. The van der Waals surface area contributed by atoms with Gasteiger partial charge in [-0.25, -0.2) is 9.37 Å². The molecule has 0 aliphatic carbocycles. The van der Waals surface area contributed by atoms with E-state index in [0.29, 0.717) is 32.1 Å². The molecule has 13 heteroatoms. The molecule has 5 aromatic rings. The lowest BCUT2D eigenvalue weighted by Gasteiger charge is -2.09. The zero-order valence-electron chi connectivity index (χ0n) is 17.4. The Hall–Kier alpha value is -4.10. The third-order valence-electron chi connectivity index (χ3n) is 4.90. The first-order chi connectivity index (χ1) is 16.4. The molecule has 2 aromatic carbocycles. The Balaban J connectivity index is 1.49. The summed E-state index contributed by atoms with van der Waals surface area (Å²) in [5.74, 6) is -0.551. The summed E-state index contributed by atoms with van der Waals surface area (Å²) in [7, 11) is 1.73. The van der Waals surface area contributed by atoms with Gasteiger partial charge < -0.3 is 9.88 Å². The highest BCUT2D eigenvalue weighted by Gasteiger charge is 2.22. The topological polar surface area (TPSA) is 120 Å². The minimum atomic E-state index is -0.547. The molecular formula is C21H14FN7O3S2. The molecule has 0 fully saturated rings. The second-order valence-corrected chi connectivity index (χ2v) is 8.97. The van der Waals surface area contributed by atoms with Crippen LogP contribution in [0.2, 0.25) is 0 Å². The number of nitro groups is 1. The van der Waals surface area contributed by atoms with Crippen LogP contribution < -0.4 is 5.32 Å². The molecule has 0 bridgehead atoms. The second kappa shape index (κ2) is 8.68. The lowest BCUT2D eigenvalue weighted by Crippen LogP contribution is -2.14. The number of benzene rings is 2. The van der Waals surface area contributed by atoms with Gasteiger partial charge in [0.25, 0.3) is 11.6 Å². The van der Waals surface area contributed by atoms with Crippen LogP contribution in [-0.4, -0.2) is 35.0 Å². The number of rotatable bonds is 6. The fourth-order valence-electron chi connectivity index (χ4n) is 3.24. The van der Waals surface area contributed by atoms with E-state index in [-0.39, 0.29) is 17.1 Å². The molecule has 0 saturated heterocycles. The number of carbonyl (C=O) groups is 1. The van der Waals surface area contributed by atoms with E-state index in [0.717, 1.165) is 11.8 Å². The molecule has 170 valence electrons. The van der Waals surface area contributed by atoms with Gasteiger partial charge in [0.1, 0.15) is 23.7 Å². The van der Waals surface area contributed by atoms with E-state index in [9.17, 15) is 19.3 Å². The summed E-state index contributed by atoms with van der Waals surface area (Å²) in [5.41, 5.74) is 0.954. The van der Waals surface area contributed by atoms with E-state index >= 15 is 0 Å². The van der Waals surface area contributed by atoms with Crippen molar-refractivity contribution in [2.24, 2.45) is 7.05 Å². The maximum atomic E-state index is 13.4. The Morgan fingerprint density at radius 3 is 2.74 bits per heavy atom. The van der Waals surface area contributed by atoms with Crippen molar-refractivity contribution < 1.29 is 14.1 Å². The molecule has 10 nitrogen and oxygen atoms in total. The summed E-state index contributed by atoms with van der Waals surface area (Å²) in [6.45, 7) is 0. The van der Waals surface area contributed by atoms with Crippen molar-refractivity contribution in [1.29, 1.82) is 0 Å². The van der Waals surface area contributed by atoms with Crippen molar-refractivity contribution in [2.75, 3.05) is 5.32 Å². The highest BCUT2D eigenvalue weighted by molar-refractivity contribution is 7.99. The van der Waals surface area contributed by atoms with Gasteiger partial charge in [0.15, 0.2) is 10.1 Å². The van der Waals surface area contributed by atoms with Crippen LogP contribution >= 0.6 is 23.1 Å². The molecule has 3 aromatic heterocycles. The summed E-state index contributed by atoms with van der Waals surface area (Å²) < 4.78 is 16.7. The van der Waals surface area contributed by atoms with Gasteiger partial charge >= 0.3 is 0 Å². The van der Waals surface area contributed by atoms with Crippen LogP contribution in [0.4, 0.5) is 15.9 Å². The number of aryl methyl sites for hydroxylation is 1. The predicted molar refractivity (Wildman–Crippen MR) is 125 cm³/mol. The van der Waals surface area contributed by atoms with Gasteiger partial charge in [-0.15, -0.1) is 21.5 Å². The van der Waals surface area contributed by atoms with Crippen molar-refractivity contribution in [3.05, 3.63) is 81.9 Å². The van der Waals surface area contributed by atoms with Crippen LogP contribution in [0.1, 0.15) is 10.4 Å². The average Bonchev–Trinajstić information content (AvgIpc) is 3.52. The van der Waals surface area contributed by atoms with Gasteiger partial charge in [-0.2, -0.15) is 0 Å². The van der Waals surface area contributed by atoms with Gasteiger partial charge in [-0.05, 0) is 48.2 Å². The van der Waals surface area contributed by atoms with Crippen molar-refractivity contribution in [2.45, 2.75) is 10.1 Å². The molecule has 0 aliphatic heterocycles. The Morgan fingerprint density at radius 1 is 1.24 bits per heavy atom. The molecule has 34 heavy (non-hydrogen) atoms. The van der Waals surface area contributed by atoms with E-state index in [4.69, 9.17) is 0 Å². The molecule has 0 aliphatic rings. The van der Waals surface area contributed by atoms with E-state index in [1.807, 2.05) is 5.38 Å². The highest BCUT2D eigenvalue weighted by atomic mass is 32.2. The number of nitro benzene ring substituents is 1. The van der Waals surface area contributed by atoms with Crippen LogP contribution in [0.25, 0.3) is 16.2 Å². The highest BCUT2D eigenvalue weighted by Crippen LogP contribution is 2.35. The summed E-state index contributed by atoms with van der Waals surface area (Å²) in [5, 5.41) is 24.5. The zero-order valence-corrected chi connectivity index (χ0v) is 19.0. The van der Waals surface area contributed by atoms with Crippen LogP contribution in [0.3, 0.4) is 0 Å². The van der Waals surface area contributed by atoms with Gasteiger partial charge in [0, 0.05) is 35.8 Å². The smallest absolute Gasteiger partial charge is 0.284 e. The van der Waals surface area contributed by atoms with Gasteiger partial charge in [0.05, 0.1) is 9.82 Å². The van der Waals surface area contributed by atoms with Gasteiger partial charge in [-0.1, -0.05) is 0 Å². The second-order valence-electron chi connectivity index (χ2n) is 7.09. The van der Waals surface area contributed by atoms with Crippen molar-refractivity contribution in [1.82, 2.24) is 24.1 Å². The van der Waals surface area contributed by atoms with Crippen LogP contribution in [0.15, 0.2) is 70.4 Å². The number of amides is 1. The first-order valence-corrected chi connectivity index (χ1v) is 11.4. The summed E-state index contributed by atoms with van der Waals surface area (Å²) >= 11 is 2.45. The minimum Gasteiger partial charge on any atom is -0.311 e. The zero-order chi connectivity index (χ0) is 23.8. The molecule has 0 radical (unpaired) electrons. The number of anilines is 1. The van der Waals surface area contributed by atoms with Crippen molar-refractivity contribution in [3.63, 3.8) is 0 Å². The number of thiazole rings is 1. The monoisotopic (exact) mass is 495 g/mol. The Kier molecular flexibility index (Phi) is 5.55. The number of halogens is 1. The third-order valence-corrected chi connectivity index (χ3v) is 6.77. The Labute approximate surface area is 199 Å². The summed E-state index contributed by atoms with van der Waals surface area (Å²) in [6, 6.07) is 9.99. The van der Waals surface area contributed by atoms with E-state index in [1.165, 1.54) is 48.0 Å². The number of aromatic nitrogens is 5. The molecule has 3 heterocycles. The standard InChI is InChI=1S/C21H14FN7O3S2/c1-27-11-23-26-21(27)34-16-7-4-13(10-15(16)29(31)32)19(30)25-18-17(12-2-5-14(22)6-3-12)24-20-28(18)8-9-33-20/h2-11H,1H3,(H,25,30). The number of nitrogens with one attached hydrogen (secondary N) is 1. The normalized spacial score (nSPS) is 11.1. The number of imidazole rings is 1. The molecule has 0 saturated carbocycles. The third kappa shape index (κ3) is 4.02. The molecule has 0 unspecified atom stereocenters. The molecule has 1 N–H and O–H groups in total.